The van der Waals surface area contributed by atoms with Crippen LogP contribution in [0.1, 0.15) is 23.2 Å². The van der Waals surface area contributed by atoms with Gasteiger partial charge in [0.25, 0.3) is 0 Å². The second-order valence-electron chi connectivity index (χ2n) is 5.59. The van der Waals surface area contributed by atoms with E-state index in [1.165, 1.54) is 12.3 Å². The Morgan fingerprint density at radius 2 is 2.15 bits per heavy atom. The lowest BCUT2D eigenvalue weighted by Gasteiger charge is -2.34. The standard InChI is InChI=1S/C14H22N4O2/c1-17(2)9-10-4-7-18(8-5-10)13-12(15)11(14(19)20)3-6-16-13/h3,6,10H,4-5,7-9,15H2,1-2H3,(H,19,20). The molecule has 1 aromatic heterocycles. The van der Waals surface area contributed by atoms with Crippen molar-refractivity contribution >= 4 is 17.5 Å². The molecule has 1 aliphatic rings. The van der Waals surface area contributed by atoms with Gasteiger partial charge in [-0.05, 0) is 38.9 Å². The third-order valence-electron chi connectivity index (χ3n) is 3.74. The quantitative estimate of drug-likeness (QED) is 0.859. The third-order valence-corrected chi connectivity index (χ3v) is 3.74. The van der Waals surface area contributed by atoms with Crippen molar-refractivity contribution in [2.24, 2.45) is 5.92 Å². The van der Waals surface area contributed by atoms with E-state index in [2.05, 4.69) is 28.9 Å². The summed E-state index contributed by atoms with van der Waals surface area (Å²) in [5, 5.41) is 9.10. The highest BCUT2D eigenvalue weighted by molar-refractivity contribution is 5.96. The van der Waals surface area contributed by atoms with E-state index >= 15 is 0 Å². The number of carboxylic acids is 1. The number of aromatic nitrogens is 1. The maximum atomic E-state index is 11.1. The molecule has 0 amide bonds. The Hall–Kier alpha value is -1.82. The van der Waals surface area contributed by atoms with Gasteiger partial charge >= 0.3 is 5.97 Å². The summed E-state index contributed by atoms with van der Waals surface area (Å²) in [5.74, 6) is 0.284. The van der Waals surface area contributed by atoms with Crippen LogP contribution in [0.25, 0.3) is 0 Å². The number of nitrogens with zero attached hydrogens (tertiary/aromatic N) is 3. The van der Waals surface area contributed by atoms with Crippen molar-refractivity contribution in [2.75, 3.05) is 44.4 Å². The van der Waals surface area contributed by atoms with Gasteiger partial charge in [0.1, 0.15) is 0 Å². The number of nitrogen functional groups attached to an aromatic ring is 1. The van der Waals surface area contributed by atoms with Crippen LogP contribution < -0.4 is 10.6 Å². The first-order valence-corrected chi connectivity index (χ1v) is 6.86. The molecule has 1 saturated heterocycles. The molecule has 0 aromatic carbocycles. The molecule has 2 heterocycles. The summed E-state index contributed by atoms with van der Waals surface area (Å²) in [4.78, 5) is 19.7. The fraction of sp³-hybridized carbons (Fsp3) is 0.571. The van der Waals surface area contributed by atoms with E-state index in [0.717, 1.165) is 32.5 Å². The van der Waals surface area contributed by atoms with Gasteiger partial charge < -0.3 is 20.6 Å². The highest BCUT2D eigenvalue weighted by Gasteiger charge is 2.23. The number of hydrogen-bond acceptors (Lipinski definition) is 5. The zero-order chi connectivity index (χ0) is 14.7. The molecule has 6 heteroatoms. The van der Waals surface area contributed by atoms with Crippen molar-refractivity contribution < 1.29 is 9.90 Å². The molecule has 0 radical (unpaired) electrons. The summed E-state index contributed by atoms with van der Waals surface area (Å²) in [5.41, 5.74) is 6.34. The summed E-state index contributed by atoms with van der Waals surface area (Å²) in [7, 11) is 4.17. The Bertz CT molecular complexity index is 482. The molecule has 2 rings (SSSR count). The lowest BCUT2D eigenvalue weighted by molar-refractivity contribution is 0.0698. The third kappa shape index (κ3) is 3.19. The summed E-state index contributed by atoms with van der Waals surface area (Å²) in [6.45, 7) is 2.84. The number of aromatic carboxylic acids is 1. The fourth-order valence-corrected chi connectivity index (χ4v) is 2.74. The minimum Gasteiger partial charge on any atom is -0.478 e. The van der Waals surface area contributed by atoms with E-state index in [4.69, 9.17) is 10.8 Å². The minimum atomic E-state index is -1.01. The summed E-state index contributed by atoms with van der Waals surface area (Å²) in [6.07, 6.45) is 3.67. The number of hydrogen-bond donors (Lipinski definition) is 2. The largest absolute Gasteiger partial charge is 0.478 e. The zero-order valence-electron chi connectivity index (χ0n) is 12.0. The number of carboxylic acid groups (broad SMARTS) is 1. The van der Waals surface area contributed by atoms with Crippen molar-refractivity contribution in [3.63, 3.8) is 0 Å². The van der Waals surface area contributed by atoms with Gasteiger partial charge in [-0.25, -0.2) is 9.78 Å². The SMILES string of the molecule is CN(C)CC1CCN(c2nccc(C(=O)O)c2N)CC1. The lowest BCUT2D eigenvalue weighted by atomic mass is 9.96. The van der Waals surface area contributed by atoms with Crippen LogP contribution >= 0.6 is 0 Å². The van der Waals surface area contributed by atoms with Crippen LogP contribution in [0.3, 0.4) is 0 Å². The fourth-order valence-electron chi connectivity index (χ4n) is 2.74. The van der Waals surface area contributed by atoms with Crippen LogP contribution in [-0.2, 0) is 0 Å². The number of rotatable bonds is 4. The summed E-state index contributed by atoms with van der Waals surface area (Å²) < 4.78 is 0. The Labute approximate surface area is 119 Å². The van der Waals surface area contributed by atoms with Crippen molar-refractivity contribution in [2.45, 2.75) is 12.8 Å². The average molecular weight is 278 g/mol. The Kier molecular flexibility index (Phi) is 4.44. The Morgan fingerprint density at radius 3 is 2.70 bits per heavy atom. The van der Waals surface area contributed by atoms with Crippen molar-refractivity contribution in [3.05, 3.63) is 17.8 Å². The maximum absolute atomic E-state index is 11.1. The number of piperidine rings is 1. The Morgan fingerprint density at radius 1 is 1.50 bits per heavy atom. The van der Waals surface area contributed by atoms with Gasteiger partial charge in [0.05, 0.1) is 11.3 Å². The highest BCUT2D eigenvalue weighted by Crippen LogP contribution is 2.28. The van der Waals surface area contributed by atoms with E-state index in [-0.39, 0.29) is 11.3 Å². The lowest BCUT2D eigenvalue weighted by Crippen LogP contribution is -2.38. The van der Waals surface area contributed by atoms with Crippen molar-refractivity contribution in [3.8, 4) is 0 Å². The van der Waals surface area contributed by atoms with E-state index in [1.807, 2.05) is 0 Å². The van der Waals surface area contributed by atoms with Gasteiger partial charge in [0.15, 0.2) is 5.82 Å². The van der Waals surface area contributed by atoms with E-state index in [9.17, 15) is 4.79 Å². The van der Waals surface area contributed by atoms with Gasteiger partial charge in [-0.2, -0.15) is 0 Å². The zero-order valence-corrected chi connectivity index (χ0v) is 12.0. The molecule has 0 bridgehead atoms. The molecule has 1 aliphatic heterocycles. The molecular weight excluding hydrogens is 256 g/mol. The monoisotopic (exact) mass is 278 g/mol. The molecule has 20 heavy (non-hydrogen) atoms. The predicted octanol–water partition coefficient (Wildman–Crippen LogP) is 1.14. The van der Waals surface area contributed by atoms with Crippen molar-refractivity contribution in [1.82, 2.24) is 9.88 Å². The van der Waals surface area contributed by atoms with Gasteiger partial charge in [-0.1, -0.05) is 0 Å². The van der Waals surface area contributed by atoms with Gasteiger partial charge in [0.2, 0.25) is 0 Å². The molecule has 0 saturated carbocycles. The predicted molar refractivity (Wildman–Crippen MR) is 79.1 cm³/mol. The molecule has 0 unspecified atom stereocenters. The molecule has 110 valence electrons. The van der Waals surface area contributed by atoms with Crippen LogP contribution in [0.4, 0.5) is 11.5 Å². The number of carbonyl (C=O) groups is 1. The maximum Gasteiger partial charge on any atom is 0.337 e. The van der Waals surface area contributed by atoms with E-state index < -0.39 is 5.97 Å². The van der Waals surface area contributed by atoms with Gasteiger partial charge in [-0.15, -0.1) is 0 Å². The first kappa shape index (κ1) is 14.6. The van der Waals surface area contributed by atoms with Crippen molar-refractivity contribution in [1.29, 1.82) is 0 Å². The normalized spacial score (nSPS) is 16.6. The minimum absolute atomic E-state index is 0.130. The van der Waals surface area contributed by atoms with Gasteiger partial charge in [0, 0.05) is 25.8 Å². The number of pyridine rings is 1. The molecule has 3 N–H and O–H groups in total. The molecule has 1 aromatic rings. The Balaban J connectivity index is 2.07. The molecule has 0 aliphatic carbocycles. The smallest absolute Gasteiger partial charge is 0.337 e. The summed E-state index contributed by atoms with van der Waals surface area (Å²) >= 11 is 0. The molecule has 0 spiro atoms. The second kappa shape index (κ2) is 6.09. The van der Waals surface area contributed by atoms with Crippen LogP contribution in [0.15, 0.2) is 12.3 Å². The topological polar surface area (TPSA) is 82.7 Å². The molecule has 0 atom stereocenters. The summed E-state index contributed by atoms with van der Waals surface area (Å²) in [6, 6.07) is 1.44. The first-order valence-electron chi connectivity index (χ1n) is 6.86. The van der Waals surface area contributed by atoms with Crippen LogP contribution in [0.5, 0.6) is 0 Å². The average Bonchev–Trinajstić information content (AvgIpc) is 2.39. The second-order valence-corrected chi connectivity index (χ2v) is 5.59. The van der Waals surface area contributed by atoms with Crippen LogP contribution in [0, 0.1) is 5.92 Å². The van der Waals surface area contributed by atoms with Gasteiger partial charge in [-0.3, -0.25) is 0 Å². The molecule has 1 fully saturated rings. The number of anilines is 2. The molecular formula is C14H22N4O2. The van der Waals surface area contributed by atoms with Crippen LogP contribution in [-0.4, -0.2) is 54.7 Å². The van der Waals surface area contributed by atoms with E-state index in [1.54, 1.807) is 0 Å². The first-order chi connectivity index (χ1) is 9.49. The highest BCUT2D eigenvalue weighted by atomic mass is 16.4. The van der Waals surface area contributed by atoms with E-state index in [0.29, 0.717) is 11.7 Å². The molecule has 6 nitrogen and oxygen atoms in total. The van der Waals surface area contributed by atoms with Crippen LogP contribution in [0.2, 0.25) is 0 Å². The number of nitrogens with two attached hydrogens (primary N) is 1.